The first-order valence-corrected chi connectivity index (χ1v) is 19.7. The minimum absolute atomic E-state index is 0. The Morgan fingerprint density at radius 1 is 0.615 bits per heavy atom. The molecule has 2 aliphatic rings. The summed E-state index contributed by atoms with van der Waals surface area (Å²) in [4.78, 5) is 0. The van der Waals surface area contributed by atoms with E-state index in [2.05, 4.69) is 132 Å². The van der Waals surface area contributed by atoms with Crippen LogP contribution in [-0.2, 0) is 52.3 Å². The molecule has 0 saturated carbocycles. The Morgan fingerprint density at radius 2 is 1.10 bits per heavy atom. The van der Waals surface area contributed by atoms with Crippen LogP contribution in [0.4, 0.5) is 0 Å². The molecule has 52 heavy (non-hydrogen) atoms. The van der Waals surface area contributed by atoms with Gasteiger partial charge >= 0.3 is 120 Å². The predicted octanol–water partition coefficient (Wildman–Crippen LogP) is 7.67. The number of fused-ring (bicyclic) bond motifs is 3. The number of allylic oxidation sites excluding steroid dienone is 4. The molecule has 0 nitrogen and oxygen atoms in total. The molecular formula is C47H54Cl4Zr-2. The summed E-state index contributed by atoms with van der Waals surface area (Å²) >= 11 is 13.3. The number of hydrogen-bond donors (Lipinski definition) is 0. The number of benzene rings is 4. The van der Waals surface area contributed by atoms with Crippen molar-refractivity contribution in [2.75, 3.05) is 0 Å². The fraction of sp³-hybridized carbons (Fsp3) is 0.383. The minimum atomic E-state index is 0. The zero-order valence-electron chi connectivity index (χ0n) is 33.0. The molecule has 0 saturated heterocycles. The molecule has 0 radical (unpaired) electrons. The topological polar surface area (TPSA) is 0 Å². The molecule has 5 heteroatoms. The quantitative estimate of drug-likeness (QED) is 0.160. The molecule has 0 N–H and O–H groups in total. The van der Waals surface area contributed by atoms with Gasteiger partial charge in [0.15, 0.2) is 0 Å². The Labute approximate surface area is 353 Å². The van der Waals surface area contributed by atoms with Crippen molar-refractivity contribution >= 4 is 26.4 Å². The molecule has 0 amide bonds. The second kappa shape index (κ2) is 18.3. The van der Waals surface area contributed by atoms with Gasteiger partial charge in [0.2, 0.25) is 0 Å². The van der Waals surface area contributed by atoms with Gasteiger partial charge in [-0.05, 0) is 39.4 Å². The second-order valence-electron chi connectivity index (χ2n) is 17.6. The molecule has 0 atom stereocenters. The van der Waals surface area contributed by atoms with Crippen LogP contribution in [0.2, 0.25) is 10.0 Å². The molecule has 276 valence electrons. The molecule has 6 rings (SSSR count). The maximum Gasteiger partial charge on any atom is -0.109 e. The molecule has 0 fully saturated rings. The van der Waals surface area contributed by atoms with Crippen molar-refractivity contribution < 1.29 is 49.0 Å². The van der Waals surface area contributed by atoms with Gasteiger partial charge in [-0.15, -0.1) is 23.1 Å². The fourth-order valence-electron chi connectivity index (χ4n) is 6.42. The van der Waals surface area contributed by atoms with Crippen LogP contribution < -0.4 is 24.8 Å². The SMILES string of the molecule is CC(C)(C)c1[c-]c2c(cc1C(C)(C)C)-c1cc(C(C)(C)C)c(C(C)(C)C)cc1C2.Clc1cccc([C](=[Zr+2])c2cccc(Cl)c2)c1.[C-]1=CC=CC1.[Cl-].[Cl-]. The molecule has 0 aliphatic heterocycles. The van der Waals surface area contributed by atoms with Crippen LogP contribution in [-0.4, -0.2) is 3.21 Å². The third-order valence-electron chi connectivity index (χ3n) is 9.05. The zero-order valence-corrected chi connectivity index (χ0v) is 38.5. The third-order valence-corrected chi connectivity index (χ3v) is 10.9. The van der Waals surface area contributed by atoms with E-state index in [1.165, 1.54) is 71.9 Å². The monoisotopic (exact) mass is 848 g/mol. The van der Waals surface area contributed by atoms with Crippen molar-refractivity contribution in [3.63, 3.8) is 0 Å². The van der Waals surface area contributed by atoms with Crippen molar-refractivity contribution in [2.24, 2.45) is 0 Å². The van der Waals surface area contributed by atoms with Crippen LogP contribution in [0.5, 0.6) is 0 Å². The molecule has 0 aromatic heterocycles. The van der Waals surface area contributed by atoms with Crippen LogP contribution in [0.3, 0.4) is 0 Å². The molecule has 0 bridgehead atoms. The Kier molecular flexibility index (Phi) is 16.3. The molecular weight excluding hydrogens is 798 g/mol. The number of halogens is 4. The first kappa shape index (κ1) is 46.4. The molecule has 0 unspecified atom stereocenters. The summed E-state index contributed by atoms with van der Waals surface area (Å²) in [5, 5.41) is 1.53. The standard InChI is InChI=1S/C29H41.C13H8Cl2.C5H5.2ClH.Zr/c1-26(2,3)22-14-18-13-19-15-23(27(4,5)6)25(29(10,11)12)17-21(19)20(18)16-24(22)28(7,8)9;14-12-5-1-3-10(8-12)7-11-4-2-6-13(15)9-11;1-2-4-5-3-1;;;/h14,16-17H,13H2,1-12H3;1-6,8-9H;1-3H,4H2;2*1H;/q-1;;-1;;;+2/p-2. The minimum Gasteiger partial charge on any atom is -1.00 e. The molecule has 2 aliphatic carbocycles. The van der Waals surface area contributed by atoms with E-state index in [9.17, 15) is 0 Å². The smallest absolute Gasteiger partial charge is 0.109 e. The normalized spacial score (nSPS) is 13.1. The van der Waals surface area contributed by atoms with E-state index in [-0.39, 0.29) is 46.5 Å². The van der Waals surface area contributed by atoms with E-state index in [4.69, 9.17) is 23.2 Å². The van der Waals surface area contributed by atoms with E-state index >= 15 is 0 Å². The summed E-state index contributed by atoms with van der Waals surface area (Å²) in [6, 6.07) is 27.2. The average molecular weight is 852 g/mol. The van der Waals surface area contributed by atoms with Gasteiger partial charge in [0.05, 0.1) is 0 Å². The Balaban J connectivity index is 0.000000340. The number of hydrogen-bond acceptors (Lipinski definition) is 0. The third kappa shape index (κ3) is 11.9. The summed E-state index contributed by atoms with van der Waals surface area (Å²) < 4.78 is 1.26. The summed E-state index contributed by atoms with van der Waals surface area (Å²) in [6.45, 7) is 28.0. The second-order valence-corrected chi connectivity index (χ2v) is 19.7. The number of rotatable bonds is 2. The van der Waals surface area contributed by atoms with Crippen molar-refractivity contribution in [1.29, 1.82) is 0 Å². The van der Waals surface area contributed by atoms with Gasteiger partial charge in [0, 0.05) is 0 Å². The van der Waals surface area contributed by atoms with Crippen LogP contribution in [0, 0.1) is 12.1 Å². The molecule has 0 spiro atoms. The first-order valence-electron chi connectivity index (χ1n) is 17.7. The first-order chi connectivity index (χ1) is 23.1. The Hall–Kier alpha value is -1.73. The predicted molar refractivity (Wildman–Crippen MR) is 216 cm³/mol. The largest absolute Gasteiger partial charge is 1.00 e. The Morgan fingerprint density at radius 3 is 1.48 bits per heavy atom. The fourth-order valence-corrected chi connectivity index (χ4v) is 7.56. The van der Waals surface area contributed by atoms with E-state index < -0.39 is 0 Å². The maximum atomic E-state index is 5.98. The summed E-state index contributed by atoms with van der Waals surface area (Å²) in [5.74, 6) is 0. The molecule has 4 aromatic carbocycles. The van der Waals surface area contributed by atoms with Gasteiger partial charge in [-0.3, -0.25) is 6.08 Å². The van der Waals surface area contributed by atoms with Crippen LogP contribution in [0.25, 0.3) is 11.1 Å². The van der Waals surface area contributed by atoms with Gasteiger partial charge in [0.25, 0.3) is 0 Å². The van der Waals surface area contributed by atoms with E-state index in [0.717, 1.165) is 34.0 Å². The van der Waals surface area contributed by atoms with Gasteiger partial charge in [-0.1, -0.05) is 106 Å². The van der Waals surface area contributed by atoms with E-state index in [0.29, 0.717) is 0 Å². The maximum absolute atomic E-state index is 5.98. The van der Waals surface area contributed by atoms with Crippen LogP contribution in [0.15, 0.2) is 85.0 Å². The van der Waals surface area contributed by atoms with Crippen molar-refractivity contribution in [3.05, 3.63) is 152 Å². The van der Waals surface area contributed by atoms with Crippen LogP contribution in [0.1, 0.15) is 134 Å². The van der Waals surface area contributed by atoms with Crippen molar-refractivity contribution in [1.82, 2.24) is 0 Å². The zero-order chi connectivity index (χ0) is 37.2. The van der Waals surface area contributed by atoms with Gasteiger partial charge in [-0.2, -0.15) is 23.8 Å². The van der Waals surface area contributed by atoms with E-state index in [1.54, 1.807) is 0 Å². The summed E-state index contributed by atoms with van der Waals surface area (Å²) in [7, 11) is 0. The van der Waals surface area contributed by atoms with Gasteiger partial charge in [-0.25, -0.2) is 12.2 Å². The van der Waals surface area contributed by atoms with E-state index in [1.807, 2.05) is 48.6 Å². The summed E-state index contributed by atoms with van der Waals surface area (Å²) in [5.41, 5.74) is 14.3. The van der Waals surface area contributed by atoms with Crippen LogP contribution >= 0.6 is 23.2 Å². The molecule has 0 heterocycles. The van der Waals surface area contributed by atoms with Gasteiger partial charge in [0.1, 0.15) is 0 Å². The molecule has 4 aromatic rings. The van der Waals surface area contributed by atoms with Gasteiger partial charge < -0.3 is 24.8 Å². The summed E-state index contributed by atoms with van der Waals surface area (Å²) in [6.07, 6.45) is 11.0. The van der Waals surface area contributed by atoms with Crippen molar-refractivity contribution in [2.45, 2.75) is 118 Å². The average Bonchev–Trinajstić information content (AvgIpc) is 3.70. The van der Waals surface area contributed by atoms with Crippen molar-refractivity contribution in [3.8, 4) is 11.1 Å². The Bertz CT molecular complexity index is 1780.